The van der Waals surface area contributed by atoms with Crippen LogP contribution >= 0.6 is 0 Å². The van der Waals surface area contributed by atoms with E-state index >= 15 is 0 Å². The third kappa shape index (κ3) is 7.62. The zero-order valence-corrected chi connectivity index (χ0v) is 18.8. The van der Waals surface area contributed by atoms with E-state index in [1.165, 1.54) is 23.1 Å². The van der Waals surface area contributed by atoms with E-state index in [9.17, 15) is 27.9 Å². The Labute approximate surface area is 197 Å². The molecule has 1 aromatic heterocycles. The van der Waals surface area contributed by atoms with Crippen LogP contribution in [0.25, 0.3) is 17.1 Å². The molecule has 0 unspecified atom stereocenters. The number of ether oxygens (including phenoxy) is 2. The molecule has 0 radical (unpaired) electrons. The SMILES string of the molecule is CC(C)(C)OC(=O)ON(Cc1ccc(-c2ncn(-c3ccc(OC(F)(F)F)cc3)n2)cc1)C(=O)O. The molecular formula is C22H21F3N4O6. The molecule has 1 heterocycles. The van der Waals surface area contributed by atoms with Gasteiger partial charge < -0.3 is 14.6 Å². The number of carboxylic acid groups (broad SMARTS) is 1. The fourth-order valence-corrected chi connectivity index (χ4v) is 2.74. The van der Waals surface area contributed by atoms with Crippen LogP contribution in [-0.4, -0.2) is 49.1 Å². The van der Waals surface area contributed by atoms with Crippen LogP contribution in [0.3, 0.4) is 0 Å². The van der Waals surface area contributed by atoms with Gasteiger partial charge in [0.1, 0.15) is 17.7 Å². The Kier molecular flexibility index (Phi) is 7.17. The van der Waals surface area contributed by atoms with Gasteiger partial charge in [-0.15, -0.1) is 23.3 Å². The topological polar surface area (TPSA) is 116 Å². The Morgan fingerprint density at radius 1 is 1.03 bits per heavy atom. The molecule has 0 atom stereocenters. The van der Waals surface area contributed by atoms with Crippen LogP contribution in [0.1, 0.15) is 26.3 Å². The van der Waals surface area contributed by atoms with Gasteiger partial charge in [-0.05, 0) is 50.6 Å². The van der Waals surface area contributed by atoms with Gasteiger partial charge in [-0.3, -0.25) is 4.84 Å². The van der Waals surface area contributed by atoms with Gasteiger partial charge in [0.25, 0.3) is 0 Å². The minimum atomic E-state index is -4.78. The second-order valence-electron chi connectivity index (χ2n) is 8.13. The molecule has 35 heavy (non-hydrogen) atoms. The summed E-state index contributed by atoms with van der Waals surface area (Å²) in [4.78, 5) is 32.2. The number of carbonyl (C=O) groups is 2. The number of rotatable bonds is 5. The molecule has 0 saturated carbocycles. The van der Waals surface area contributed by atoms with Gasteiger partial charge in [0.15, 0.2) is 5.82 Å². The Morgan fingerprint density at radius 3 is 2.20 bits per heavy atom. The molecule has 1 amide bonds. The van der Waals surface area contributed by atoms with Gasteiger partial charge in [0.05, 0.1) is 12.2 Å². The van der Waals surface area contributed by atoms with E-state index in [1.54, 1.807) is 45.0 Å². The normalized spacial score (nSPS) is 11.6. The second-order valence-corrected chi connectivity index (χ2v) is 8.13. The maximum Gasteiger partial charge on any atom is 0.573 e. The van der Waals surface area contributed by atoms with Crippen molar-refractivity contribution >= 4 is 12.2 Å². The molecule has 0 aliphatic heterocycles. The van der Waals surface area contributed by atoms with Crippen LogP contribution in [0.2, 0.25) is 0 Å². The summed E-state index contributed by atoms with van der Waals surface area (Å²) < 4.78 is 47.1. The van der Waals surface area contributed by atoms with Crippen molar-refractivity contribution in [3.05, 3.63) is 60.4 Å². The maximum absolute atomic E-state index is 12.3. The first-order chi connectivity index (χ1) is 16.3. The van der Waals surface area contributed by atoms with Gasteiger partial charge in [-0.1, -0.05) is 24.3 Å². The smallest absolute Gasteiger partial charge is 0.463 e. The average Bonchev–Trinajstić information content (AvgIpc) is 3.22. The summed E-state index contributed by atoms with van der Waals surface area (Å²) in [6, 6.07) is 11.6. The highest BCUT2D eigenvalue weighted by atomic mass is 19.4. The Hall–Kier alpha value is -4.29. The molecule has 13 heteroatoms. The van der Waals surface area contributed by atoms with Crippen molar-refractivity contribution in [3.8, 4) is 22.8 Å². The molecular weight excluding hydrogens is 473 g/mol. The first-order valence-corrected chi connectivity index (χ1v) is 10.1. The molecule has 10 nitrogen and oxygen atoms in total. The maximum atomic E-state index is 12.3. The number of hydroxylamine groups is 2. The zero-order chi connectivity index (χ0) is 25.8. The van der Waals surface area contributed by atoms with Gasteiger partial charge in [0.2, 0.25) is 0 Å². The predicted octanol–water partition coefficient (Wildman–Crippen LogP) is 5.18. The highest BCUT2D eigenvalue weighted by Gasteiger charge is 2.31. The number of benzene rings is 2. The van der Waals surface area contributed by atoms with Gasteiger partial charge in [0, 0.05) is 5.56 Å². The van der Waals surface area contributed by atoms with E-state index < -0.39 is 24.2 Å². The number of aromatic nitrogens is 3. The highest BCUT2D eigenvalue weighted by molar-refractivity contribution is 5.68. The number of alkyl halides is 3. The van der Waals surface area contributed by atoms with Gasteiger partial charge in [-0.2, -0.15) is 0 Å². The lowest BCUT2D eigenvalue weighted by atomic mass is 10.1. The molecule has 0 spiro atoms. The predicted molar refractivity (Wildman–Crippen MR) is 114 cm³/mol. The lowest BCUT2D eigenvalue weighted by molar-refractivity contribution is -0.274. The number of nitrogens with zero attached hydrogens (tertiary/aromatic N) is 4. The minimum absolute atomic E-state index is 0.247. The summed E-state index contributed by atoms with van der Waals surface area (Å²) in [6.07, 6.45) is -6.02. The van der Waals surface area contributed by atoms with E-state index in [1.807, 2.05) is 0 Å². The number of halogens is 3. The highest BCUT2D eigenvalue weighted by Crippen LogP contribution is 2.24. The number of carbonyl (C=O) groups excluding carboxylic acids is 1. The van der Waals surface area contributed by atoms with E-state index in [0.29, 0.717) is 27.7 Å². The van der Waals surface area contributed by atoms with Gasteiger partial charge in [-0.25, -0.2) is 19.3 Å². The Morgan fingerprint density at radius 2 is 1.66 bits per heavy atom. The molecule has 0 aliphatic rings. The summed E-state index contributed by atoms with van der Waals surface area (Å²) in [5.74, 6) is -0.0319. The molecule has 186 valence electrons. The van der Waals surface area contributed by atoms with Crippen LogP contribution in [-0.2, 0) is 16.1 Å². The fraction of sp³-hybridized carbons (Fsp3) is 0.273. The van der Waals surface area contributed by atoms with Crippen molar-refractivity contribution < 1.29 is 42.2 Å². The van der Waals surface area contributed by atoms with Crippen LogP contribution < -0.4 is 4.74 Å². The van der Waals surface area contributed by atoms with Crippen molar-refractivity contribution in [2.24, 2.45) is 0 Å². The van der Waals surface area contributed by atoms with Crippen LogP contribution in [0.4, 0.5) is 22.8 Å². The number of hydrogen-bond acceptors (Lipinski definition) is 7. The van der Waals surface area contributed by atoms with E-state index in [4.69, 9.17) is 9.57 Å². The molecule has 1 N–H and O–H groups in total. The minimum Gasteiger partial charge on any atom is -0.463 e. The lowest BCUT2D eigenvalue weighted by Crippen LogP contribution is -2.35. The molecule has 3 aromatic rings. The van der Waals surface area contributed by atoms with E-state index in [2.05, 4.69) is 14.8 Å². The number of amides is 1. The third-order valence-electron chi connectivity index (χ3n) is 4.15. The molecule has 0 saturated heterocycles. The first kappa shape index (κ1) is 25.3. The monoisotopic (exact) mass is 494 g/mol. The van der Waals surface area contributed by atoms with Crippen LogP contribution in [0.15, 0.2) is 54.9 Å². The summed E-state index contributed by atoms with van der Waals surface area (Å²) >= 11 is 0. The quantitative estimate of drug-likeness (QED) is 0.381. The zero-order valence-electron chi connectivity index (χ0n) is 18.8. The summed E-state index contributed by atoms with van der Waals surface area (Å²) in [5.41, 5.74) is 0.725. The molecule has 3 rings (SSSR count). The largest absolute Gasteiger partial charge is 0.573 e. The van der Waals surface area contributed by atoms with Crippen molar-refractivity contribution in [2.75, 3.05) is 0 Å². The summed E-state index contributed by atoms with van der Waals surface area (Å²) in [7, 11) is 0. The summed E-state index contributed by atoms with van der Waals surface area (Å²) in [6.45, 7) is 4.60. The Bertz CT molecular complexity index is 1170. The van der Waals surface area contributed by atoms with E-state index in [-0.39, 0.29) is 12.3 Å². The van der Waals surface area contributed by atoms with Crippen LogP contribution in [0.5, 0.6) is 5.75 Å². The molecule has 0 bridgehead atoms. The standard InChI is InChI=1S/C22H21F3N4O6/c1-21(2,3)34-20(32)35-29(19(30)31)12-14-4-6-15(7-5-14)18-26-13-28(27-18)16-8-10-17(11-9-16)33-22(23,24)25/h4-11,13H,12H2,1-3H3,(H,30,31). The lowest BCUT2D eigenvalue weighted by Gasteiger charge is -2.22. The van der Waals surface area contributed by atoms with Gasteiger partial charge >= 0.3 is 18.6 Å². The molecule has 2 aromatic carbocycles. The molecule has 0 fully saturated rings. The van der Waals surface area contributed by atoms with E-state index in [0.717, 1.165) is 12.1 Å². The molecule has 0 aliphatic carbocycles. The second kappa shape index (κ2) is 9.91. The number of hydrogen-bond donors (Lipinski definition) is 1. The first-order valence-electron chi connectivity index (χ1n) is 10.1. The van der Waals surface area contributed by atoms with Crippen molar-refractivity contribution in [1.29, 1.82) is 0 Å². The fourth-order valence-electron chi connectivity index (χ4n) is 2.74. The Balaban J connectivity index is 1.67. The summed E-state index contributed by atoms with van der Waals surface area (Å²) in [5, 5.41) is 14.1. The van der Waals surface area contributed by atoms with Crippen molar-refractivity contribution in [3.63, 3.8) is 0 Å². The van der Waals surface area contributed by atoms with Crippen molar-refractivity contribution in [2.45, 2.75) is 39.3 Å². The van der Waals surface area contributed by atoms with Crippen LogP contribution in [0, 0.1) is 0 Å². The average molecular weight is 494 g/mol. The van der Waals surface area contributed by atoms with Crippen molar-refractivity contribution in [1.82, 2.24) is 19.8 Å². The third-order valence-corrected chi connectivity index (χ3v) is 4.15.